The Balaban J connectivity index is 2.27. The molecule has 0 saturated carbocycles. The maximum atomic E-state index is 12.9. The fourth-order valence-corrected chi connectivity index (χ4v) is 3.27. The van der Waals surface area contributed by atoms with Gasteiger partial charge in [0.2, 0.25) is 0 Å². The lowest BCUT2D eigenvalue weighted by atomic mass is 9.95. The number of benzene rings is 1. The molecule has 0 spiro atoms. The van der Waals surface area contributed by atoms with Crippen molar-refractivity contribution in [2.45, 2.75) is 72.4 Å². The Bertz CT molecular complexity index is 622. The van der Waals surface area contributed by atoms with Crippen LogP contribution in [0.5, 0.6) is 5.75 Å². The number of nitrogens with one attached hydrogen (secondary N) is 2. The fraction of sp³-hybridized carbons (Fsp3) is 0.650. The Labute approximate surface area is 151 Å². The normalized spacial score (nSPS) is 17.8. The Hall–Kier alpha value is -1.75. The molecular weight excluding hydrogens is 314 g/mol. The van der Waals surface area contributed by atoms with Gasteiger partial charge in [-0.05, 0) is 89.2 Å². The van der Waals surface area contributed by atoms with Gasteiger partial charge in [-0.1, -0.05) is 6.92 Å². The topological polar surface area (TPSA) is 76.4 Å². The van der Waals surface area contributed by atoms with Gasteiger partial charge in [0.25, 0.3) is 5.91 Å². The van der Waals surface area contributed by atoms with Crippen LogP contribution in [0.1, 0.15) is 55.4 Å². The SMILES string of the molecule is CCC(C)(Oc1c(C)c(C)c(N)c(C)c1C)C(=O)NC1CCNCC1. The van der Waals surface area contributed by atoms with Crippen LogP contribution in [0.3, 0.4) is 0 Å². The second-order valence-corrected chi connectivity index (χ2v) is 7.43. The monoisotopic (exact) mass is 347 g/mol. The molecule has 1 aliphatic rings. The Kier molecular flexibility index (Phi) is 5.99. The van der Waals surface area contributed by atoms with Gasteiger partial charge in [0.15, 0.2) is 5.60 Å². The molecule has 1 atom stereocenters. The molecular formula is C20H33N3O2. The first kappa shape index (κ1) is 19.6. The van der Waals surface area contributed by atoms with Gasteiger partial charge in [-0.3, -0.25) is 4.79 Å². The zero-order valence-electron chi connectivity index (χ0n) is 16.5. The minimum Gasteiger partial charge on any atom is -0.477 e. The van der Waals surface area contributed by atoms with E-state index in [1.165, 1.54) is 0 Å². The van der Waals surface area contributed by atoms with Crippen LogP contribution in [0.15, 0.2) is 0 Å². The van der Waals surface area contributed by atoms with Crippen LogP contribution >= 0.6 is 0 Å². The summed E-state index contributed by atoms with van der Waals surface area (Å²) in [7, 11) is 0. The number of hydrogen-bond acceptors (Lipinski definition) is 4. The van der Waals surface area contributed by atoms with E-state index in [1.54, 1.807) is 0 Å². The summed E-state index contributed by atoms with van der Waals surface area (Å²) in [5, 5.41) is 6.50. The van der Waals surface area contributed by atoms with Crippen molar-refractivity contribution in [3.05, 3.63) is 22.3 Å². The van der Waals surface area contributed by atoms with E-state index in [0.29, 0.717) is 6.42 Å². The third-order valence-electron chi connectivity index (χ3n) is 5.77. The maximum absolute atomic E-state index is 12.9. The quantitative estimate of drug-likeness (QED) is 0.716. The highest BCUT2D eigenvalue weighted by Gasteiger charge is 2.36. The molecule has 0 bridgehead atoms. The summed E-state index contributed by atoms with van der Waals surface area (Å²) in [5.41, 5.74) is 10.2. The average Bonchev–Trinajstić information content (AvgIpc) is 2.62. The summed E-state index contributed by atoms with van der Waals surface area (Å²) in [5.74, 6) is 0.752. The molecule has 1 aromatic carbocycles. The van der Waals surface area contributed by atoms with Crippen molar-refractivity contribution in [1.82, 2.24) is 10.6 Å². The number of hydrogen-bond donors (Lipinski definition) is 3. The largest absolute Gasteiger partial charge is 0.477 e. The first-order chi connectivity index (χ1) is 11.7. The van der Waals surface area contributed by atoms with Crippen molar-refractivity contribution in [1.29, 1.82) is 0 Å². The number of piperidine rings is 1. The van der Waals surface area contributed by atoms with E-state index in [4.69, 9.17) is 10.5 Å². The van der Waals surface area contributed by atoms with Crippen LogP contribution in [-0.4, -0.2) is 30.6 Å². The molecule has 1 unspecified atom stereocenters. The summed E-state index contributed by atoms with van der Waals surface area (Å²) < 4.78 is 6.35. The second-order valence-electron chi connectivity index (χ2n) is 7.43. The molecule has 1 aliphatic heterocycles. The van der Waals surface area contributed by atoms with Crippen molar-refractivity contribution in [2.75, 3.05) is 18.8 Å². The van der Waals surface area contributed by atoms with Gasteiger partial charge in [0.05, 0.1) is 0 Å². The zero-order chi connectivity index (χ0) is 18.8. The highest BCUT2D eigenvalue weighted by Crippen LogP contribution is 2.36. The van der Waals surface area contributed by atoms with Gasteiger partial charge in [0.1, 0.15) is 5.75 Å². The second kappa shape index (κ2) is 7.65. The molecule has 0 aromatic heterocycles. The third-order valence-corrected chi connectivity index (χ3v) is 5.77. The highest BCUT2D eigenvalue weighted by molar-refractivity contribution is 5.85. The summed E-state index contributed by atoms with van der Waals surface area (Å²) in [6, 6.07) is 0.223. The molecule has 1 heterocycles. The van der Waals surface area contributed by atoms with E-state index in [-0.39, 0.29) is 11.9 Å². The van der Waals surface area contributed by atoms with E-state index >= 15 is 0 Å². The van der Waals surface area contributed by atoms with Gasteiger partial charge in [0, 0.05) is 11.7 Å². The van der Waals surface area contributed by atoms with Crippen molar-refractivity contribution in [2.24, 2.45) is 0 Å². The number of ether oxygens (including phenoxy) is 1. The lowest BCUT2D eigenvalue weighted by Crippen LogP contribution is -2.53. The average molecular weight is 348 g/mol. The number of anilines is 1. The molecule has 0 aliphatic carbocycles. The summed E-state index contributed by atoms with van der Waals surface area (Å²) in [6.45, 7) is 13.8. The molecule has 5 nitrogen and oxygen atoms in total. The van der Waals surface area contributed by atoms with Crippen LogP contribution in [-0.2, 0) is 4.79 Å². The fourth-order valence-electron chi connectivity index (χ4n) is 3.27. The smallest absolute Gasteiger partial charge is 0.264 e. The maximum Gasteiger partial charge on any atom is 0.264 e. The molecule has 0 radical (unpaired) electrons. The number of nitrogen functional groups attached to an aromatic ring is 1. The molecule has 1 saturated heterocycles. The van der Waals surface area contributed by atoms with Crippen molar-refractivity contribution >= 4 is 11.6 Å². The number of carbonyl (C=O) groups excluding carboxylic acids is 1. The first-order valence-corrected chi connectivity index (χ1v) is 9.27. The van der Waals surface area contributed by atoms with Gasteiger partial charge in [-0.15, -0.1) is 0 Å². The van der Waals surface area contributed by atoms with Crippen molar-refractivity contribution in [3.63, 3.8) is 0 Å². The van der Waals surface area contributed by atoms with Gasteiger partial charge < -0.3 is 21.1 Å². The van der Waals surface area contributed by atoms with E-state index in [1.807, 2.05) is 41.5 Å². The Morgan fingerprint density at radius 2 is 1.68 bits per heavy atom. The number of carbonyl (C=O) groups is 1. The van der Waals surface area contributed by atoms with E-state index in [2.05, 4.69) is 10.6 Å². The van der Waals surface area contributed by atoms with Crippen LogP contribution in [0.25, 0.3) is 0 Å². The zero-order valence-corrected chi connectivity index (χ0v) is 16.5. The predicted molar refractivity (Wildman–Crippen MR) is 103 cm³/mol. The van der Waals surface area contributed by atoms with Gasteiger partial charge in [-0.25, -0.2) is 0 Å². The van der Waals surface area contributed by atoms with Crippen molar-refractivity contribution in [3.8, 4) is 5.75 Å². The number of amides is 1. The lowest BCUT2D eigenvalue weighted by molar-refractivity contribution is -0.136. The molecule has 140 valence electrons. The highest BCUT2D eigenvalue weighted by atomic mass is 16.5. The summed E-state index contributed by atoms with van der Waals surface area (Å²) >= 11 is 0. The van der Waals surface area contributed by atoms with Crippen LogP contribution < -0.4 is 21.1 Å². The molecule has 1 aromatic rings. The minimum atomic E-state index is -0.893. The Morgan fingerprint density at radius 3 is 2.16 bits per heavy atom. The summed E-state index contributed by atoms with van der Waals surface area (Å²) in [4.78, 5) is 12.9. The standard InChI is InChI=1S/C20H33N3O2/c1-7-20(6,19(24)23-16-8-10-22-11-9-16)25-18-14(4)12(2)17(21)13(3)15(18)5/h16,22H,7-11,21H2,1-6H3,(H,23,24). The van der Waals surface area contributed by atoms with Gasteiger partial charge >= 0.3 is 0 Å². The third kappa shape index (κ3) is 3.92. The molecule has 25 heavy (non-hydrogen) atoms. The lowest BCUT2D eigenvalue weighted by Gasteiger charge is -2.33. The van der Waals surface area contributed by atoms with Crippen LogP contribution in [0.2, 0.25) is 0 Å². The molecule has 1 amide bonds. The van der Waals surface area contributed by atoms with Crippen LogP contribution in [0, 0.1) is 27.7 Å². The van der Waals surface area contributed by atoms with E-state index in [0.717, 1.165) is 59.6 Å². The van der Waals surface area contributed by atoms with E-state index < -0.39 is 5.60 Å². The van der Waals surface area contributed by atoms with E-state index in [9.17, 15) is 4.79 Å². The minimum absolute atomic E-state index is 0.0344. The predicted octanol–water partition coefficient (Wildman–Crippen LogP) is 2.92. The molecule has 1 fully saturated rings. The number of rotatable bonds is 5. The Morgan fingerprint density at radius 1 is 1.16 bits per heavy atom. The van der Waals surface area contributed by atoms with Crippen LogP contribution in [0.4, 0.5) is 5.69 Å². The molecule has 5 heteroatoms. The first-order valence-electron chi connectivity index (χ1n) is 9.27. The molecule has 2 rings (SSSR count). The molecule has 4 N–H and O–H groups in total. The van der Waals surface area contributed by atoms with Gasteiger partial charge in [-0.2, -0.15) is 0 Å². The summed E-state index contributed by atoms with van der Waals surface area (Å²) in [6.07, 6.45) is 2.53. The number of nitrogens with two attached hydrogens (primary N) is 1. The van der Waals surface area contributed by atoms with Crippen molar-refractivity contribution < 1.29 is 9.53 Å².